The molecule has 0 bridgehead atoms. The van der Waals surface area contributed by atoms with Gasteiger partial charge in [-0.05, 0) is 24.6 Å². The van der Waals surface area contributed by atoms with Gasteiger partial charge in [-0.25, -0.2) is 4.98 Å². The predicted octanol–water partition coefficient (Wildman–Crippen LogP) is 3.71. The third kappa shape index (κ3) is 2.81. The van der Waals surface area contributed by atoms with E-state index in [2.05, 4.69) is 10.3 Å². The number of non-ortho nitro benzene ring substituents is 1. The van der Waals surface area contributed by atoms with Gasteiger partial charge in [-0.2, -0.15) is 0 Å². The average molecular weight is 345 g/mol. The molecule has 0 aliphatic rings. The number of hydrogen-bond acceptors (Lipinski definition) is 4. The maximum atomic E-state index is 12.7. The predicted molar refractivity (Wildman–Crippen MR) is 90.6 cm³/mol. The zero-order chi connectivity index (χ0) is 17.3. The highest BCUT2D eigenvalue weighted by Crippen LogP contribution is 2.27. The zero-order valence-electron chi connectivity index (χ0n) is 12.7. The van der Waals surface area contributed by atoms with Gasteiger partial charge in [0.1, 0.15) is 11.3 Å². The third-order valence-electron chi connectivity index (χ3n) is 3.56. The average Bonchev–Trinajstić information content (AvgIpc) is 2.95. The number of fused-ring (bicyclic) bond motifs is 1. The van der Waals surface area contributed by atoms with Gasteiger partial charge >= 0.3 is 0 Å². The summed E-state index contributed by atoms with van der Waals surface area (Å²) in [5.41, 5.74) is 1.93. The molecule has 0 atom stereocenters. The van der Waals surface area contributed by atoms with E-state index in [1.54, 1.807) is 10.6 Å². The van der Waals surface area contributed by atoms with Crippen molar-refractivity contribution in [3.8, 4) is 0 Å². The number of nitrogens with one attached hydrogen (secondary N) is 1. The number of aryl methyl sites for hydroxylation is 1. The van der Waals surface area contributed by atoms with Gasteiger partial charge in [0.15, 0.2) is 0 Å². The molecular weight excluding hydrogens is 332 g/mol. The SMILES string of the molecule is CCc1nc2ccccn2c1C(=O)Nc1ccc([N+](=O)[O-])cc1Cl. The lowest BCUT2D eigenvalue weighted by molar-refractivity contribution is -0.384. The first-order valence-corrected chi connectivity index (χ1v) is 7.60. The van der Waals surface area contributed by atoms with Crippen LogP contribution in [0.5, 0.6) is 0 Å². The van der Waals surface area contributed by atoms with E-state index in [1.165, 1.54) is 18.2 Å². The smallest absolute Gasteiger partial charge is 0.274 e. The van der Waals surface area contributed by atoms with Crippen molar-refractivity contribution in [1.29, 1.82) is 0 Å². The minimum Gasteiger partial charge on any atom is -0.319 e. The summed E-state index contributed by atoms with van der Waals surface area (Å²) in [6, 6.07) is 9.37. The highest BCUT2D eigenvalue weighted by molar-refractivity contribution is 6.34. The molecule has 2 heterocycles. The standard InChI is InChI=1S/C16H13ClN4O3/c1-2-12-15(20-8-4-3-5-14(20)18-12)16(22)19-13-7-6-10(21(23)24)9-11(13)17/h3-9H,2H2,1H3,(H,19,22). The van der Waals surface area contributed by atoms with Crippen LogP contribution in [0.1, 0.15) is 23.1 Å². The van der Waals surface area contributed by atoms with Crippen LogP contribution in [0, 0.1) is 10.1 Å². The van der Waals surface area contributed by atoms with E-state index in [9.17, 15) is 14.9 Å². The Morgan fingerprint density at radius 2 is 2.17 bits per heavy atom. The van der Waals surface area contributed by atoms with Crippen molar-refractivity contribution in [2.75, 3.05) is 5.32 Å². The van der Waals surface area contributed by atoms with Gasteiger partial charge in [0.05, 0.1) is 21.3 Å². The van der Waals surface area contributed by atoms with Crippen molar-refractivity contribution in [3.63, 3.8) is 0 Å². The van der Waals surface area contributed by atoms with Crippen LogP contribution in [0.3, 0.4) is 0 Å². The molecule has 0 unspecified atom stereocenters. The molecule has 8 heteroatoms. The van der Waals surface area contributed by atoms with Crippen molar-refractivity contribution >= 4 is 34.5 Å². The number of pyridine rings is 1. The summed E-state index contributed by atoms with van der Waals surface area (Å²) in [5.74, 6) is -0.374. The van der Waals surface area contributed by atoms with Crippen LogP contribution >= 0.6 is 11.6 Å². The second kappa shape index (κ2) is 6.29. The second-order valence-corrected chi connectivity index (χ2v) is 5.47. The lowest BCUT2D eigenvalue weighted by Crippen LogP contribution is -2.16. The molecule has 0 aliphatic carbocycles. The monoisotopic (exact) mass is 344 g/mol. The van der Waals surface area contributed by atoms with Crippen LogP contribution in [-0.4, -0.2) is 20.2 Å². The quantitative estimate of drug-likeness (QED) is 0.577. The number of halogens is 1. The van der Waals surface area contributed by atoms with Gasteiger partial charge in [0, 0.05) is 18.3 Å². The minimum atomic E-state index is -0.544. The Morgan fingerprint density at radius 1 is 1.38 bits per heavy atom. The van der Waals surface area contributed by atoms with Crippen LogP contribution in [0.25, 0.3) is 5.65 Å². The van der Waals surface area contributed by atoms with Gasteiger partial charge in [-0.15, -0.1) is 0 Å². The molecule has 3 rings (SSSR count). The number of amides is 1. The van der Waals surface area contributed by atoms with Gasteiger partial charge in [0.2, 0.25) is 0 Å². The maximum Gasteiger partial charge on any atom is 0.274 e. The Kier molecular flexibility index (Phi) is 4.18. The fourth-order valence-electron chi connectivity index (χ4n) is 2.43. The number of rotatable bonds is 4. The molecule has 24 heavy (non-hydrogen) atoms. The molecule has 1 amide bonds. The van der Waals surface area contributed by atoms with Gasteiger partial charge < -0.3 is 5.32 Å². The molecule has 122 valence electrons. The van der Waals surface area contributed by atoms with Crippen molar-refractivity contribution in [2.45, 2.75) is 13.3 Å². The summed E-state index contributed by atoms with van der Waals surface area (Å²) < 4.78 is 1.70. The number of nitro groups is 1. The maximum absolute atomic E-state index is 12.7. The Bertz CT molecular complexity index is 952. The second-order valence-electron chi connectivity index (χ2n) is 5.06. The molecule has 0 saturated heterocycles. The topological polar surface area (TPSA) is 89.5 Å². The number of carbonyl (C=O) groups is 1. The first kappa shape index (κ1) is 15.9. The normalized spacial score (nSPS) is 10.8. The lowest BCUT2D eigenvalue weighted by atomic mass is 10.2. The van der Waals surface area contributed by atoms with Crippen LogP contribution in [-0.2, 0) is 6.42 Å². The van der Waals surface area contributed by atoms with Crippen molar-refractivity contribution in [2.24, 2.45) is 0 Å². The van der Waals surface area contributed by atoms with Crippen LogP contribution < -0.4 is 5.32 Å². The van der Waals surface area contributed by atoms with Crippen molar-refractivity contribution in [1.82, 2.24) is 9.38 Å². The molecule has 0 radical (unpaired) electrons. The number of benzene rings is 1. The van der Waals surface area contributed by atoms with E-state index in [0.29, 0.717) is 29.1 Å². The van der Waals surface area contributed by atoms with Crippen molar-refractivity contribution in [3.05, 3.63) is 69.1 Å². The summed E-state index contributed by atoms with van der Waals surface area (Å²) in [5, 5.41) is 13.5. The van der Waals surface area contributed by atoms with E-state index in [1.807, 2.05) is 25.1 Å². The number of nitrogens with zero attached hydrogens (tertiary/aromatic N) is 3. The van der Waals surface area contributed by atoms with E-state index in [0.717, 1.165) is 0 Å². The van der Waals surface area contributed by atoms with Crippen LogP contribution in [0.4, 0.5) is 11.4 Å². The van der Waals surface area contributed by atoms with Crippen LogP contribution in [0.2, 0.25) is 5.02 Å². The van der Waals surface area contributed by atoms with Gasteiger partial charge in [0.25, 0.3) is 11.6 Å². The Balaban J connectivity index is 1.97. The fourth-order valence-corrected chi connectivity index (χ4v) is 2.65. The molecule has 1 aromatic carbocycles. The minimum absolute atomic E-state index is 0.101. The van der Waals surface area contributed by atoms with E-state index in [-0.39, 0.29) is 16.6 Å². The highest BCUT2D eigenvalue weighted by Gasteiger charge is 2.19. The largest absolute Gasteiger partial charge is 0.319 e. The molecule has 0 saturated carbocycles. The lowest BCUT2D eigenvalue weighted by Gasteiger charge is -2.08. The van der Waals surface area contributed by atoms with Gasteiger partial charge in [-0.3, -0.25) is 19.3 Å². The first-order chi connectivity index (χ1) is 11.5. The number of imidazole rings is 1. The van der Waals surface area contributed by atoms with Crippen LogP contribution in [0.15, 0.2) is 42.6 Å². The highest BCUT2D eigenvalue weighted by atomic mass is 35.5. The molecule has 1 N–H and O–H groups in total. The number of carbonyl (C=O) groups excluding carboxylic acids is 1. The third-order valence-corrected chi connectivity index (χ3v) is 3.88. The summed E-state index contributed by atoms with van der Waals surface area (Å²) in [6.07, 6.45) is 2.35. The molecule has 0 spiro atoms. The molecule has 2 aromatic heterocycles. The first-order valence-electron chi connectivity index (χ1n) is 7.22. The number of aromatic nitrogens is 2. The van der Waals surface area contributed by atoms with Gasteiger partial charge in [-0.1, -0.05) is 24.6 Å². The molecule has 0 fully saturated rings. The number of hydrogen-bond donors (Lipinski definition) is 1. The Labute approximate surface area is 142 Å². The molecular formula is C16H13ClN4O3. The summed E-state index contributed by atoms with van der Waals surface area (Å²) in [6.45, 7) is 1.91. The van der Waals surface area contributed by atoms with E-state index < -0.39 is 4.92 Å². The summed E-state index contributed by atoms with van der Waals surface area (Å²) in [7, 11) is 0. The van der Waals surface area contributed by atoms with E-state index in [4.69, 9.17) is 11.6 Å². The summed E-state index contributed by atoms with van der Waals surface area (Å²) in [4.78, 5) is 27.3. The number of anilines is 1. The fraction of sp³-hybridized carbons (Fsp3) is 0.125. The van der Waals surface area contributed by atoms with E-state index >= 15 is 0 Å². The molecule has 3 aromatic rings. The van der Waals surface area contributed by atoms with Crippen molar-refractivity contribution < 1.29 is 9.72 Å². The zero-order valence-corrected chi connectivity index (χ0v) is 13.4. The Hall–Kier alpha value is -2.93. The molecule has 7 nitrogen and oxygen atoms in total. The number of nitro benzene ring substituents is 1. The summed E-state index contributed by atoms with van der Waals surface area (Å²) >= 11 is 6.03. The molecule has 0 aliphatic heterocycles. The Morgan fingerprint density at radius 3 is 2.83 bits per heavy atom.